The van der Waals surface area contributed by atoms with Gasteiger partial charge in [0.25, 0.3) is 0 Å². The normalized spacial score (nSPS) is 24.9. The molecule has 74 valence electrons. The molecule has 5 heteroatoms. The number of halogens is 1. The minimum Gasteiger partial charge on any atom is -0.290 e. The van der Waals surface area contributed by atoms with E-state index < -0.39 is 0 Å². The van der Waals surface area contributed by atoms with Crippen LogP contribution in [0.15, 0.2) is 4.99 Å². The van der Waals surface area contributed by atoms with E-state index >= 15 is 0 Å². The van der Waals surface area contributed by atoms with Crippen molar-refractivity contribution in [2.24, 2.45) is 10.4 Å². The Morgan fingerprint density at radius 2 is 2.23 bits per heavy atom. The van der Waals surface area contributed by atoms with Crippen molar-refractivity contribution in [2.45, 2.75) is 13.8 Å². The van der Waals surface area contributed by atoms with E-state index in [9.17, 15) is 4.79 Å². The molecule has 1 fully saturated rings. The molecule has 0 radical (unpaired) electrons. The summed E-state index contributed by atoms with van der Waals surface area (Å²) in [6.07, 6.45) is 0. The molecule has 3 nitrogen and oxygen atoms in total. The average Bonchev–Trinajstić information content (AvgIpc) is 2.31. The monoisotopic (exact) mass is 220 g/mol. The number of amides is 1. The molecule has 0 saturated carbocycles. The maximum Gasteiger partial charge on any atom is 0.239 e. The van der Waals surface area contributed by atoms with E-state index in [0.29, 0.717) is 5.75 Å². The van der Waals surface area contributed by atoms with Gasteiger partial charge in [0.15, 0.2) is 5.17 Å². The molecule has 2 heterocycles. The summed E-state index contributed by atoms with van der Waals surface area (Å²) >= 11 is 1.56. The van der Waals surface area contributed by atoms with Crippen LogP contribution < -0.4 is 0 Å². The van der Waals surface area contributed by atoms with Crippen LogP contribution in [-0.4, -0.2) is 34.8 Å². The standard InChI is InChI=1S/C8H12N2OS.ClH/c1-8(2)4-9-7-10(5-8)6(11)3-12-7;/h3-5H2,1-2H3;1H. The molecule has 0 aromatic carbocycles. The Balaban J connectivity index is 0.000000845. The van der Waals surface area contributed by atoms with Gasteiger partial charge in [-0.15, -0.1) is 12.4 Å². The van der Waals surface area contributed by atoms with Crippen molar-refractivity contribution in [1.82, 2.24) is 4.90 Å². The quantitative estimate of drug-likeness (QED) is 0.618. The van der Waals surface area contributed by atoms with Gasteiger partial charge in [0.2, 0.25) is 5.91 Å². The van der Waals surface area contributed by atoms with Crippen molar-refractivity contribution < 1.29 is 4.79 Å². The number of amidine groups is 1. The highest BCUT2D eigenvalue weighted by atomic mass is 35.5. The Morgan fingerprint density at radius 1 is 1.54 bits per heavy atom. The summed E-state index contributed by atoms with van der Waals surface area (Å²) in [6.45, 7) is 5.96. The maximum absolute atomic E-state index is 11.3. The number of carbonyl (C=O) groups is 1. The first-order valence-electron chi connectivity index (χ1n) is 4.06. The number of aliphatic imine (C=N–C) groups is 1. The lowest BCUT2D eigenvalue weighted by Crippen LogP contribution is -2.43. The lowest BCUT2D eigenvalue weighted by Gasteiger charge is -2.32. The van der Waals surface area contributed by atoms with E-state index in [2.05, 4.69) is 18.8 Å². The van der Waals surface area contributed by atoms with Crippen LogP contribution in [0.2, 0.25) is 0 Å². The number of carbonyl (C=O) groups excluding carboxylic acids is 1. The molecule has 0 aromatic heterocycles. The van der Waals surface area contributed by atoms with Gasteiger partial charge in [-0.3, -0.25) is 14.7 Å². The molecule has 2 rings (SSSR count). The Bertz CT molecular complexity index is 265. The number of hydrogen-bond acceptors (Lipinski definition) is 3. The van der Waals surface area contributed by atoms with E-state index in [1.165, 1.54) is 0 Å². The highest BCUT2D eigenvalue weighted by Gasteiger charge is 2.36. The van der Waals surface area contributed by atoms with Gasteiger partial charge in [-0.25, -0.2) is 0 Å². The van der Waals surface area contributed by atoms with Crippen LogP contribution in [0.3, 0.4) is 0 Å². The van der Waals surface area contributed by atoms with E-state index in [1.807, 2.05) is 4.90 Å². The van der Waals surface area contributed by atoms with Gasteiger partial charge in [-0.2, -0.15) is 0 Å². The maximum atomic E-state index is 11.3. The first-order chi connectivity index (χ1) is 5.58. The Morgan fingerprint density at radius 3 is 2.92 bits per heavy atom. The largest absolute Gasteiger partial charge is 0.290 e. The molecule has 0 unspecified atom stereocenters. The van der Waals surface area contributed by atoms with Crippen molar-refractivity contribution in [3.63, 3.8) is 0 Å². The van der Waals surface area contributed by atoms with Crippen LogP contribution in [0.4, 0.5) is 0 Å². The Hall–Kier alpha value is -0.220. The smallest absolute Gasteiger partial charge is 0.239 e. The summed E-state index contributed by atoms with van der Waals surface area (Å²) in [4.78, 5) is 17.5. The highest BCUT2D eigenvalue weighted by Crippen LogP contribution is 2.29. The van der Waals surface area contributed by atoms with E-state index in [4.69, 9.17) is 0 Å². The molecule has 0 bridgehead atoms. The number of nitrogens with zero attached hydrogens (tertiary/aromatic N) is 2. The zero-order valence-electron chi connectivity index (χ0n) is 7.74. The Labute approximate surface area is 88.4 Å². The van der Waals surface area contributed by atoms with Crippen LogP contribution in [0.1, 0.15) is 13.8 Å². The van der Waals surface area contributed by atoms with Crippen molar-refractivity contribution in [2.75, 3.05) is 18.8 Å². The molecule has 0 spiro atoms. The van der Waals surface area contributed by atoms with Gasteiger partial charge in [-0.05, 0) is 0 Å². The number of rotatable bonds is 0. The molecule has 1 amide bonds. The minimum absolute atomic E-state index is 0. The van der Waals surface area contributed by atoms with E-state index in [-0.39, 0.29) is 23.7 Å². The summed E-state index contributed by atoms with van der Waals surface area (Å²) in [5.74, 6) is 0.793. The molecule has 13 heavy (non-hydrogen) atoms. The molecule has 0 aromatic rings. The second kappa shape index (κ2) is 3.50. The fourth-order valence-electron chi connectivity index (χ4n) is 1.44. The third kappa shape index (κ3) is 1.99. The van der Waals surface area contributed by atoms with Gasteiger partial charge < -0.3 is 0 Å². The van der Waals surface area contributed by atoms with Crippen LogP contribution in [-0.2, 0) is 4.79 Å². The molecule has 2 aliphatic rings. The van der Waals surface area contributed by atoms with Gasteiger partial charge in [0.1, 0.15) is 0 Å². The summed E-state index contributed by atoms with van der Waals surface area (Å²) in [5.41, 5.74) is 0.157. The van der Waals surface area contributed by atoms with E-state index in [1.54, 1.807) is 11.8 Å². The third-order valence-electron chi connectivity index (χ3n) is 2.09. The predicted molar refractivity (Wildman–Crippen MR) is 57.5 cm³/mol. The first-order valence-corrected chi connectivity index (χ1v) is 5.05. The summed E-state index contributed by atoms with van der Waals surface area (Å²) in [6, 6.07) is 0. The average molecular weight is 221 g/mol. The molecule has 2 aliphatic heterocycles. The molecule has 0 aliphatic carbocycles. The number of thioether (sulfide) groups is 1. The zero-order valence-corrected chi connectivity index (χ0v) is 9.37. The number of fused-ring (bicyclic) bond motifs is 1. The van der Waals surface area contributed by atoms with E-state index in [0.717, 1.165) is 18.3 Å². The lowest BCUT2D eigenvalue weighted by atomic mass is 9.92. The molecule has 0 atom stereocenters. The van der Waals surface area contributed by atoms with Crippen molar-refractivity contribution in [1.29, 1.82) is 0 Å². The van der Waals surface area contributed by atoms with Gasteiger partial charge in [0.05, 0.1) is 5.75 Å². The van der Waals surface area contributed by atoms with Gasteiger partial charge in [0, 0.05) is 18.5 Å². The second-order valence-electron chi connectivity index (χ2n) is 4.03. The summed E-state index contributed by atoms with van der Waals surface area (Å²) in [5, 5.41) is 0.930. The SMILES string of the molecule is CC1(C)CN=C2SCC(=O)N2C1.Cl. The first kappa shape index (κ1) is 10.9. The summed E-state index contributed by atoms with van der Waals surface area (Å²) < 4.78 is 0. The highest BCUT2D eigenvalue weighted by molar-refractivity contribution is 8.15. The predicted octanol–water partition coefficient (Wildman–Crippen LogP) is 1.38. The summed E-state index contributed by atoms with van der Waals surface area (Å²) in [7, 11) is 0. The topological polar surface area (TPSA) is 32.7 Å². The fourth-order valence-corrected chi connectivity index (χ4v) is 2.32. The van der Waals surface area contributed by atoms with Crippen molar-refractivity contribution in [3.8, 4) is 0 Å². The van der Waals surface area contributed by atoms with Crippen LogP contribution in [0, 0.1) is 5.41 Å². The van der Waals surface area contributed by atoms with Crippen molar-refractivity contribution in [3.05, 3.63) is 0 Å². The molecule has 0 N–H and O–H groups in total. The van der Waals surface area contributed by atoms with Crippen LogP contribution in [0.5, 0.6) is 0 Å². The van der Waals surface area contributed by atoms with Gasteiger partial charge >= 0.3 is 0 Å². The molecule has 1 saturated heterocycles. The molecular formula is C8H13ClN2OS. The molecular weight excluding hydrogens is 208 g/mol. The fraction of sp³-hybridized carbons (Fsp3) is 0.750. The van der Waals surface area contributed by atoms with Gasteiger partial charge in [-0.1, -0.05) is 25.6 Å². The number of hydrogen-bond donors (Lipinski definition) is 0. The minimum atomic E-state index is 0. The van der Waals surface area contributed by atoms with Crippen molar-refractivity contribution >= 4 is 35.2 Å². The zero-order chi connectivity index (χ0) is 8.77. The van der Waals surface area contributed by atoms with Crippen LogP contribution in [0.25, 0.3) is 0 Å². The van der Waals surface area contributed by atoms with Crippen LogP contribution >= 0.6 is 24.2 Å². The Kier molecular flexibility index (Phi) is 2.92. The second-order valence-corrected chi connectivity index (χ2v) is 4.97. The third-order valence-corrected chi connectivity index (χ3v) is 3.08. The lowest BCUT2D eigenvalue weighted by molar-refractivity contribution is -0.125.